The van der Waals surface area contributed by atoms with Gasteiger partial charge in [-0.15, -0.1) is 0 Å². The summed E-state index contributed by atoms with van der Waals surface area (Å²) in [6, 6.07) is 16.1. The van der Waals surface area contributed by atoms with E-state index >= 15 is 8.78 Å². The Labute approximate surface area is 251 Å². The number of hydrogen-bond acceptors (Lipinski definition) is 1. The molecule has 3 aromatic carbocycles. The lowest BCUT2D eigenvalue weighted by atomic mass is 9.88. The Bertz CT molecular complexity index is 1230. The first-order valence-corrected chi connectivity index (χ1v) is 16.5. The van der Waals surface area contributed by atoms with E-state index in [2.05, 4.69) is 13.8 Å². The molecule has 228 valence electrons. The third-order valence-electron chi connectivity index (χ3n) is 8.93. The average Bonchev–Trinajstić information content (AvgIpc) is 3.01. The largest absolute Gasteiger partial charge is 0.378 e. The molecular weight excluding hydrogens is 529 g/mol. The molecule has 42 heavy (non-hydrogen) atoms. The van der Waals surface area contributed by atoms with E-state index < -0.39 is 11.6 Å². The van der Waals surface area contributed by atoms with Crippen molar-refractivity contribution in [1.82, 2.24) is 0 Å². The van der Waals surface area contributed by atoms with Crippen molar-refractivity contribution in [3.05, 3.63) is 83.2 Å². The van der Waals surface area contributed by atoms with Crippen LogP contribution in [0.2, 0.25) is 0 Å². The molecule has 1 aliphatic rings. The molecule has 0 saturated carbocycles. The van der Waals surface area contributed by atoms with E-state index in [4.69, 9.17) is 4.74 Å². The van der Waals surface area contributed by atoms with Crippen LogP contribution >= 0.6 is 0 Å². The molecule has 1 aliphatic heterocycles. The third-order valence-corrected chi connectivity index (χ3v) is 8.93. The monoisotopic (exact) mass is 578 g/mol. The van der Waals surface area contributed by atoms with Crippen LogP contribution in [0, 0.1) is 17.5 Å². The lowest BCUT2D eigenvalue weighted by molar-refractivity contribution is -0.00267. The van der Waals surface area contributed by atoms with Gasteiger partial charge in [-0.05, 0) is 66.0 Å². The maximum atomic E-state index is 15.2. The molecule has 0 spiro atoms. The molecule has 1 heterocycles. The summed E-state index contributed by atoms with van der Waals surface area (Å²) in [5.74, 6) is -1.66. The quantitative estimate of drug-likeness (QED) is 0.154. The molecule has 0 radical (unpaired) electrons. The number of benzene rings is 3. The minimum absolute atomic E-state index is 0.0836. The van der Waals surface area contributed by atoms with Crippen molar-refractivity contribution in [3.8, 4) is 22.3 Å². The number of hydrogen-bond donors (Lipinski definition) is 0. The average molecular weight is 579 g/mol. The van der Waals surface area contributed by atoms with E-state index in [0.29, 0.717) is 35.8 Å². The van der Waals surface area contributed by atoms with Gasteiger partial charge in [0.2, 0.25) is 0 Å². The predicted molar refractivity (Wildman–Crippen MR) is 169 cm³/mol. The predicted octanol–water partition coefficient (Wildman–Crippen LogP) is 12.0. The number of rotatable bonds is 16. The molecule has 0 bridgehead atoms. The van der Waals surface area contributed by atoms with Gasteiger partial charge in [-0.25, -0.2) is 13.2 Å². The highest BCUT2D eigenvalue weighted by Crippen LogP contribution is 2.34. The Balaban J connectivity index is 1.32. The second-order valence-corrected chi connectivity index (χ2v) is 12.2. The normalized spacial score (nSPS) is 17.1. The summed E-state index contributed by atoms with van der Waals surface area (Å²) >= 11 is 0. The van der Waals surface area contributed by atoms with Crippen LogP contribution in [0.15, 0.2) is 54.6 Å². The molecule has 1 nitrogen and oxygen atoms in total. The van der Waals surface area contributed by atoms with Crippen molar-refractivity contribution in [2.45, 2.75) is 122 Å². The van der Waals surface area contributed by atoms with Crippen LogP contribution in [0.3, 0.4) is 0 Å². The lowest BCUT2D eigenvalue weighted by Crippen LogP contribution is -2.25. The van der Waals surface area contributed by atoms with Crippen LogP contribution in [-0.2, 0) is 11.2 Å². The number of aryl methyl sites for hydroxylation is 1. The molecular formula is C38H49F3O. The van der Waals surface area contributed by atoms with Gasteiger partial charge < -0.3 is 4.74 Å². The Morgan fingerprint density at radius 1 is 0.643 bits per heavy atom. The smallest absolute Gasteiger partial charge is 0.166 e. The van der Waals surface area contributed by atoms with E-state index in [1.54, 1.807) is 30.3 Å². The molecule has 2 unspecified atom stereocenters. The second-order valence-electron chi connectivity index (χ2n) is 12.2. The van der Waals surface area contributed by atoms with Gasteiger partial charge in [0.05, 0.1) is 12.7 Å². The second kappa shape index (κ2) is 16.9. The van der Waals surface area contributed by atoms with Crippen molar-refractivity contribution in [3.63, 3.8) is 0 Å². The van der Waals surface area contributed by atoms with Gasteiger partial charge in [-0.1, -0.05) is 127 Å². The third kappa shape index (κ3) is 8.96. The SMILES string of the molecule is CCCCCCCCCCc1ccc(-c2ccc(-c3ccc(C4CCC(CCCCC)OC4)c(F)c3)cc2)c(F)c1F. The van der Waals surface area contributed by atoms with Crippen LogP contribution in [0.1, 0.15) is 121 Å². The summed E-state index contributed by atoms with van der Waals surface area (Å²) in [7, 11) is 0. The maximum Gasteiger partial charge on any atom is 0.166 e. The zero-order chi connectivity index (χ0) is 29.7. The molecule has 1 saturated heterocycles. The van der Waals surface area contributed by atoms with Crippen molar-refractivity contribution in [1.29, 1.82) is 0 Å². The zero-order valence-corrected chi connectivity index (χ0v) is 25.7. The Morgan fingerprint density at radius 3 is 1.95 bits per heavy atom. The Hall–Kier alpha value is -2.59. The highest BCUT2D eigenvalue weighted by Gasteiger charge is 2.25. The van der Waals surface area contributed by atoms with Crippen LogP contribution in [0.25, 0.3) is 22.3 Å². The Morgan fingerprint density at radius 2 is 1.29 bits per heavy atom. The lowest BCUT2D eigenvalue weighted by Gasteiger charge is -2.29. The molecule has 0 aromatic heterocycles. The van der Waals surface area contributed by atoms with Gasteiger partial charge in [-0.3, -0.25) is 0 Å². The van der Waals surface area contributed by atoms with E-state index in [9.17, 15) is 4.39 Å². The van der Waals surface area contributed by atoms with E-state index in [0.717, 1.165) is 49.7 Å². The van der Waals surface area contributed by atoms with Crippen molar-refractivity contribution < 1.29 is 17.9 Å². The van der Waals surface area contributed by atoms with Gasteiger partial charge >= 0.3 is 0 Å². The van der Waals surface area contributed by atoms with E-state index in [1.165, 1.54) is 51.4 Å². The number of ether oxygens (including phenoxy) is 1. The summed E-state index contributed by atoms with van der Waals surface area (Å²) in [6.45, 7) is 4.99. The molecule has 4 rings (SSSR count). The van der Waals surface area contributed by atoms with Crippen LogP contribution in [0.5, 0.6) is 0 Å². The van der Waals surface area contributed by atoms with Crippen LogP contribution in [-0.4, -0.2) is 12.7 Å². The van der Waals surface area contributed by atoms with Gasteiger partial charge in [-0.2, -0.15) is 0 Å². The summed E-state index contributed by atoms with van der Waals surface area (Å²) in [4.78, 5) is 0. The molecule has 0 aliphatic carbocycles. The summed E-state index contributed by atoms with van der Waals surface area (Å²) in [6.07, 6.45) is 16.9. The Kier molecular flexibility index (Phi) is 13.0. The first kappa shape index (κ1) is 32.3. The number of unbranched alkanes of at least 4 members (excludes halogenated alkanes) is 9. The zero-order valence-electron chi connectivity index (χ0n) is 25.7. The first-order valence-electron chi connectivity index (χ1n) is 16.5. The minimum Gasteiger partial charge on any atom is -0.378 e. The van der Waals surface area contributed by atoms with E-state index in [1.807, 2.05) is 24.3 Å². The van der Waals surface area contributed by atoms with Gasteiger partial charge in [0.15, 0.2) is 11.6 Å². The fourth-order valence-corrected chi connectivity index (χ4v) is 6.24. The van der Waals surface area contributed by atoms with Gasteiger partial charge in [0.25, 0.3) is 0 Å². The highest BCUT2D eigenvalue weighted by atomic mass is 19.2. The fraction of sp³-hybridized carbons (Fsp3) is 0.526. The van der Waals surface area contributed by atoms with Gasteiger partial charge in [0.1, 0.15) is 5.82 Å². The minimum atomic E-state index is -0.794. The summed E-state index contributed by atoms with van der Waals surface area (Å²) in [5.41, 5.74) is 3.64. The molecule has 1 fully saturated rings. The first-order chi connectivity index (χ1) is 20.5. The highest BCUT2D eigenvalue weighted by molar-refractivity contribution is 5.71. The summed E-state index contributed by atoms with van der Waals surface area (Å²) in [5, 5.41) is 0. The topological polar surface area (TPSA) is 9.23 Å². The molecule has 0 amide bonds. The number of halogens is 3. The van der Waals surface area contributed by atoms with Gasteiger partial charge in [0, 0.05) is 11.5 Å². The van der Waals surface area contributed by atoms with Crippen molar-refractivity contribution >= 4 is 0 Å². The van der Waals surface area contributed by atoms with Crippen molar-refractivity contribution in [2.24, 2.45) is 0 Å². The molecule has 2 atom stereocenters. The van der Waals surface area contributed by atoms with Crippen molar-refractivity contribution in [2.75, 3.05) is 6.61 Å². The molecule has 0 N–H and O–H groups in total. The molecule has 4 heteroatoms. The van der Waals surface area contributed by atoms with Crippen LogP contribution < -0.4 is 0 Å². The van der Waals surface area contributed by atoms with E-state index in [-0.39, 0.29) is 17.3 Å². The maximum absolute atomic E-state index is 15.2. The summed E-state index contributed by atoms with van der Waals surface area (Å²) < 4.78 is 51.2. The molecule has 3 aromatic rings. The fourth-order valence-electron chi connectivity index (χ4n) is 6.24. The standard InChI is InChI=1S/C38H49F3O/c1-3-5-7-8-9-10-11-13-14-30-21-25-35(38(41)37(30)40)29-18-16-28(17-19-29)31-22-24-34(36(39)26-31)32-20-23-33(42-27-32)15-12-6-4-2/h16-19,21-22,24-26,32-33H,3-15,20,23,27H2,1-2H3. The van der Waals surface area contributed by atoms with Crippen LogP contribution in [0.4, 0.5) is 13.2 Å².